The molecule has 1 unspecified atom stereocenters. The van der Waals surface area contributed by atoms with Crippen LogP contribution in [-0.2, 0) is 6.42 Å². The van der Waals surface area contributed by atoms with Crippen molar-refractivity contribution in [2.45, 2.75) is 25.3 Å². The average Bonchev–Trinajstić information content (AvgIpc) is 2.88. The van der Waals surface area contributed by atoms with Gasteiger partial charge in [0.1, 0.15) is 0 Å². The first-order valence-electron chi connectivity index (χ1n) is 6.20. The van der Waals surface area contributed by atoms with E-state index in [1.165, 1.54) is 35.9 Å². The number of halogens is 1. The molecule has 3 rings (SSSR count). The normalized spacial score (nSPS) is 21.4. The van der Waals surface area contributed by atoms with Gasteiger partial charge in [-0.25, -0.2) is 0 Å². The van der Waals surface area contributed by atoms with E-state index in [2.05, 4.69) is 35.3 Å². The summed E-state index contributed by atoms with van der Waals surface area (Å²) >= 11 is 6.07. The first-order valence-corrected chi connectivity index (χ1v) is 6.57. The highest BCUT2D eigenvalue weighted by Gasteiger charge is 2.21. The Labute approximate surface area is 107 Å². The molecule has 0 amide bonds. The standard InChI is InChI=1S/C14H17ClN2/c1-17-6-2-3-12(17)7-10-9-16-14-5-4-11(15)8-13(10)14/h4-5,8-9,12,16H,2-3,6-7H2,1H3. The van der Waals surface area contributed by atoms with Crippen LogP contribution in [0.15, 0.2) is 24.4 Å². The van der Waals surface area contributed by atoms with E-state index in [9.17, 15) is 0 Å². The number of likely N-dealkylation sites (tertiary alicyclic amines) is 1. The van der Waals surface area contributed by atoms with Crippen LogP contribution in [-0.4, -0.2) is 29.5 Å². The Hall–Kier alpha value is -0.990. The molecule has 0 bridgehead atoms. The Morgan fingerprint density at radius 2 is 2.35 bits per heavy atom. The molecule has 3 heteroatoms. The fourth-order valence-electron chi connectivity index (χ4n) is 2.81. The lowest BCUT2D eigenvalue weighted by molar-refractivity contribution is 0.310. The van der Waals surface area contributed by atoms with Crippen molar-refractivity contribution in [1.82, 2.24) is 9.88 Å². The quantitative estimate of drug-likeness (QED) is 0.863. The smallest absolute Gasteiger partial charge is 0.0457 e. The van der Waals surface area contributed by atoms with Crippen LogP contribution >= 0.6 is 11.6 Å². The minimum Gasteiger partial charge on any atom is -0.361 e. The molecular weight excluding hydrogens is 232 g/mol. The van der Waals surface area contributed by atoms with E-state index in [1.807, 2.05) is 6.07 Å². The molecule has 1 aromatic heterocycles. The molecule has 2 heterocycles. The van der Waals surface area contributed by atoms with Crippen molar-refractivity contribution < 1.29 is 0 Å². The van der Waals surface area contributed by atoms with Crippen LogP contribution in [0.25, 0.3) is 10.9 Å². The van der Waals surface area contributed by atoms with Gasteiger partial charge in [-0.3, -0.25) is 0 Å². The van der Waals surface area contributed by atoms with Crippen molar-refractivity contribution in [3.05, 3.63) is 35.0 Å². The van der Waals surface area contributed by atoms with E-state index in [-0.39, 0.29) is 0 Å². The van der Waals surface area contributed by atoms with Crippen LogP contribution in [0.2, 0.25) is 5.02 Å². The third-order valence-corrected chi connectivity index (χ3v) is 4.09. The number of H-pyrrole nitrogens is 1. The van der Waals surface area contributed by atoms with Crippen LogP contribution in [0.3, 0.4) is 0 Å². The van der Waals surface area contributed by atoms with Crippen molar-refractivity contribution in [1.29, 1.82) is 0 Å². The lowest BCUT2D eigenvalue weighted by Crippen LogP contribution is -2.26. The van der Waals surface area contributed by atoms with Crippen molar-refractivity contribution in [2.75, 3.05) is 13.6 Å². The molecule has 2 aromatic rings. The molecule has 1 atom stereocenters. The molecule has 0 aliphatic carbocycles. The molecule has 17 heavy (non-hydrogen) atoms. The Morgan fingerprint density at radius 3 is 3.12 bits per heavy atom. The summed E-state index contributed by atoms with van der Waals surface area (Å²) in [5, 5.41) is 2.09. The largest absolute Gasteiger partial charge is 0.361 e. The predicted molar refractivity (Wildman–Crippen MR) is 72.7 cm³/mol. The first-order chi connectivity index (χ1) is 8.24. The molecule has 0 spiro atoms. The second-order valence-corrected chi connectivity index (χ2v) is 5.42. The lowest BCUT2D eigenvalue weighted by Gasteiger charge is -2.18. The van der Waals surface area contributed by atoms with Gasteiger partial charge >= 0.3 is 0 Å². The lowest BCUT2D eigenvalue weighted by atomic mass is 10.0. The summed E-state index contributed by atoms with van der Waals surface area (Å²) in [6.07, 6.45) is 5.89. The van der Waals surface area contributed by atoms with Gasteiger partial charge in [-0.05, 0) is 56.6 Å². The first kappa shape index (κ1) is 11.1. The van der Waals surface area contributed by atoms with Gasteiger partial charge in [-0.15, -0.1) is 0 Å². The minimum absolute atomic E-state index is 0.688. The maximum absolute atomic E-state index is 6.07. The van der Waals surface area contributed by atoms with Crippen LogP contribution in [0.5, 0.6) is 0 Å². The number of aromatic amines is 1. The van der Waals surface area contributed by atoms with Crippen molar-refractivity contribution >= 4 is 22.5 Å². The van der Waals surface area contributed by atoms with E-state index in [1.54, 1.807) is 0 Å². The molecule has 1 fully saturated rings. The van der Waals surface area contributed by atoms with Gasteiger partial charge in [0, 0.05) is 28.2 Å². The maximum atomic E-state index is 6.07. The van der Waals surface area contributed by atoms with Gasteiger partial charge in [0.15, 0.2) is 0 Å². The molecule has 0 saturated carbocycles. The van der Waals surface area contributed by atoms with Crippen molar-refractivity contribution in [2.24, 2.45) is 0 Å². The predicted octanol–water partition coefficient (Wildman–Crippen LogP) is 3.46. The number of hydrogen-bond acceptors (Lipinski definition) is 1. The molecule has 2 nitrogen and oxygen atoms in total. The van der Waals surface area contributed by atoms with Crippen molar-refractivity contribution in [3.63, 3.8) is 0 Å². The molecule has 0 radical (unpaired) electrons. The maximum Gasteiger partial charge on any atom is 0.0457 e. The summed E-state index contributed by atoms with van der Waals surface area (Å²) in [6, 6.07) is 6.75. The van der Waals surface area contributed by atoms with Gasteiger partial charge in [-0.1, -0.05) is 11.6 Å². The Morgan fingerprint density at radius 1 is 1.47 bits per heavy atom. The zero-order valence-electron chi connectivity index (χ0n) is 10.0. The fourth-order valence-corrected chi connectivity index (χ4v) is 2.98. The number of hydrogen-bond donors (Lipinski definition) is 1. The molecular formula is C14H17ClN2. The fraction of sp³-hybridized carbons (Fsp3) is 0.429. The number of nitrogens with one attached hydrogen (secondary N) is 1. The number of fused-ring (bicyclic) bond motifs is 1. The van der Waals surface area contributed by atoms with Gasteiger partial charge in [0.25, 0.3) is 0 Å². The molecule has 1 aliphatic rings. The van der Waals surface area contributed by atoms with Gasteiger partial charge in [0.2, 0.25) is 0 Å². The second kappa shape index (κ2) is 4.35. The zero-order chi connectivity index (χ0) is 11.8. The van der Waals surface area contributed by atoms with Crippen LogP contribution in [0.1, 0.15) is 18.4 Å². The van der Waals surface area contributed by atoms with Gasteiger partial charge < -0.3 is 9.88 Å². The van der Waals surface area contributed by atoms with E-state index < -0.39 is 0 Å². The minimum atomic E-state index is 0.688. The SMILES string of the molecule is CN1CCCC1Cc1c[nH]c2ccc(Cl)cc12. The number of benzene rings is 1. The van der Waals surface area contributed by atoms with E-state index in [4.69, 9.17) is 11.6 Å². The number of nitrogens with zero attached hydrogens (tertiary/aromatic N) is 1. The van der Waals surface area contributed by atoms with Crippen molar-refractivity contribution in [3.8, 4) is 0 Å². The molecule has 90 valence electrons. The Balaban J connectivity index is 1.92. The Kier molecular flexibility index (Phi) is 2.85. The third-order valence-electron chi connectivity index (χ3n) is 3.86. The number of aromatic nitrogens is 1. The van der Waals surface area contributed by atoms with Crippen LogP contribution < -0.4 is 0 Å². The second-order valence-electron chi connectivity index (χ2n) is 4.98. The zero-order valence-corrected chi connectivity index (χ0v) is 10.8. The third kappa shape index (κ3) is 2.07. The topological polar surface area (TPSA) is 19.0 Å². The highest BCUT2D eigenvalue weighted by molar-refractivity contribution is 6.31. The highest BCUT2D eigenvalue weighted by atomic mass is 35.5. The summed E-state index contributed by atoms with van der Waals surface area (Å²) in [5.41, 5.74) is 2.58. The average molecular weight is 249 g/mol. The number of rotatable bonds is 2. The van der Waals surface area contributed by atoms with E-state index in [0.717, 1.165) is 11.4 Å². The molecule has 1 saturated heterocycles. The molecule has 1 aromatic carbocycles. The summed E-state index contributed by atoms with van der Waals surface area (Å²) in [5.74, 6) is 0. The number of likely N-dealkylation sites (N-methyl/N-ethyl adjacent to an activating group) is 1. The summed E-state index contributed by atoms with van der Waals surface area (Å²) < 4.78 is 0. The monoisotopic (exact) mass is 248 g/mol. The van der Waals surface area contributed by atoms with Crippen LogP contribution in [0.4, 0.5) is 0 Å². The van der Waals surface area contributed by atoms with E-state index >= 15 is 0 Å². The molecule has 1 N–H and O–H groups in total. The summed E-state index contributed by atoms with van der Waals surface area (Å²) in [6.45, 7) is 1.23. The molecule has 1 aliphatic heterocycles. The Bertz CT molecular complexity index is 532. The highest BCUT2D eigenvalue weighted by Crippen LogP contribution is 2.26. The van der Waals surface area contributed by atoms with Crippen LogP contribution in [0, 0.1) is 0 Å². The summed E-state index contributed by atoms with van der Waals surface area (Å²) in [7, 11) is 2.22. The summed E-state index contributed by atoms with van der Waals surface area (Å²) in [4.78, 5) is 5.79. The van der Waals surface area contributed by atoms with E-state index in [0.29, 0.717) is 6.04 Å². The van der Waals surface area contributed by atoms with Gasteiger partial charge in [-0.2, -0.15) is 0 Å². The van der Waals surface area contributed by atoms with Gasteiger partial charge in [0.05, 0.1) is 0 Å².